The molecule has 0 fully saturated rings. The molecule has 32 heavy (non-hydrogen) atoms. The highest BCUT2D eigenvalue weighted by Crippen LogP contribution is 2.60. The zero-order valence-corrected chi connectivity index (χ0v) is 19.0. The van der Waals surface area contributed by atoms with Gasteiger partial charge in [-0.15, -0.1) is 10.2 Å². The van der Waals surface area contributed by atoms with Gasteiger partial charge in [-0.3, -0.25) is 9.79 Å². The van der Waals surface area contributed by atoms with E-state index in [0.717, 1.165) is 23.2 Å². The van der Waals surface area contributed by atoms with E-state index in [4.69, 9.17) is 4.99 Å². The molecule has 4 aliphatic rings. The number of carbonyl (C=O) groups is 1. The van der Waals surface area contributed by atoms with Crippen molar-refractivity contribution in [3.8, 4) is 0 Å². The van der Waals surface area contributed by atoms with Gasteiger partial charge >= 0.3 is 0 Å². The third-order valence-electron chi connectivity index (χ3n) is 7.28. The molecule has 4 heterocycles. The number of carbonyl (C=O) groups excluding carboxylic acids is 1. The molecule has 7 heteroatoms. The summed E-state index contributed by atoms with van der Waals surface area (Å²) in [4.78, 5) is 18.6. The number of hydrogen-bond donors (Lipinski definition) is 1. The summed E-state index contributed by atoms with van der Waals surface area (Å²) < 4.78 is 2.10. The maximum atomic E-state index is 13.8. The lowest BCUT2D eigenvalue weighted by molar-refractivity contribution is -0.133. The lowest BCUT2D eigenvalue weighted by Crippen LogP contribution is -2.57. The molecule has 3 aromatic rings. The molecule has 1 aliphatic carbocycles. The van der Waals surface area contributed by atoms with E-state index in [1.54, 1.807) is 18.1 Å². The number of amidine groups is 1. The smallest absolute Gasteiger partial charge is 0.234 e. The van der Waals surface area contributed by atoms with Crippen molar-refractivity contribution in [2.45, 2.75) is 44.2 Å². The number of hydrogen-bond acceptors (Lipinski definition) is 5. The van der Waals surface area contributed by atoms with E-state index in [1.807, 2.05) is 6.07 Å². The van der Waals surface area contributed by atoms with Gasteiger partial charge in [0.05, 0.1) is 22.9 Å². The molecule has 1 N–H and O–H groups in total. The minimum atomic E-state index is -0.626. The lowest BCUT2D eigenvalue weighted by Gasteiger charge is -2.54. The van der Waals surface area contributed by atoms with Gasteiger partial charge < -0.3 is 9.88 Å². The minimum absolute atomic E-state index is 0.0224. The fourth-order valence-corrected chi connectivity index (χ4v) is 6.84. The van der Waals surface area contributed by atoms with Crippen LogP contribution in [0, 0.1) is 5.41 Å². The lowest BCUT2D eigenvalue weighted by atomic mass is 9.55. The first-order valence-corrected chi connectivity index (χ1v) is 12.0. The Morgan fingerprint density at radius 1 is 1.16 bits per heavy atom. The van der Waals surface area contributed by atoms with E-state index >= 15 is 0 Å². The van der Waals surface area contributed by atoms with Crippen LogP contribution in [0.4, 0.5) is 0 Å². The number of aromatic nitrogens is 3. The Bertz CT molecular complexity index is 1240. The van der Waals surface area contributed by atoms with Crippen LogP contribution in [0.25, 0.3) is 0 Å². The molecule has 1 aromatic heterocycles. The summed E-state index contributed by atoms with van der Waals surface area (Å²) in [5.41, 5.74) is 2.74. The standard InChI is InChI=1S/C25H25N5OS/c1-24-14-25(2,20(30-15-26-29-21(24)30)18-10-6-7-11-19(18)24)22(31)28-23-27-17(13-32-23)12-16-8-4-3-5-9-16/h3-11,15,17,20H,12-14H2,1-2H3,(H,27,28,31). The number of nitrogens with one attached hydrogen (secondary N) is 1. The highest BCUT2D eigenvalue weighted by atomic mass is 32.2. The van der Waals surface area contributed by atoms with Crippen LogP contribution in [0.3, 0.4) is 0 Å². The zero-order chi connectivity index (χ0) is 21.9. The van der Waals surface area contributed by atoms with Gasteiger partial charge in [-0.25, -0.2) is 0 Å². The van der Waals surface area contributed by atoms with E-state index < -0.39 is 5.41 Å². The van der Waals surface area contributed by atoms with Gasteiger partial charge in [0.25, 0.3) is 0 Å². The van der Waals surface area contributed by atoms with Gasteiger partial charge in [0, 0.05) is 5.75 Å². The van der Waals surface area contributed by atoms with Gasteiger partial charge in [0.15, 0.2) is 5.17 Å². The summed E-state index contributed by atoms with van der Waals surface area (Å²) in [5.74, 6) is 1.86. The maximum absolute atomic E-state index is 13.8. The molecular weight excluding hydrogens is 418 g/mol. The van der Waals surface area contributed by atoms with Gasteiger partial charge in [-0.2, -0.15) is 0 Å². The molecule has 7 rings (SSSR count). The van der Waals surface area contributed by atoms with E-state index in [0.29, 0.717) is 6.42 Å². The first kappa shape index (κ1) is 19.7. The average molecular weight is 444 g/mol. The molecule has 0 saturated carbocycles. The summed E-state index contributed by atoms with van der Waals surface area (Å²) in [5, 5.41) is 12.6. The Labute approximate surface area is 191 Å². The Kier molecular flexibility index (Phi) is 4.34. The van der Waals surface area contributed by atoms with E-state index in [-0.39, 0.29) is 23.4 Å². The van der Waals surface area contributed by atoms with Crippen molar-refractivity contribution in [2.24, 2.45) is 10.4 Å². The summed E-state index contributed by atoms with van der Waals surface area (Å²) in [6.45, 7) is 4.26. The van der Waals surface area contributed by atoms with Crippen LogP contribution >= 0.6 is 11.8 Å². The first-order chi connectivity index (χ1) is 15.5. The molecule has 2 aromatic carbocycles. The molecule has 6 nitrogen and oxygen atoms in total. The highest BCUT2D eigenvalue weighted by molar-refractivity contribution is 8.14. The van der Waals surface area contributed by atoms with Crippen LogP contribution in [-0.2, 0) is 16.6 Å². The van der Waals surface area contributed by atoms with Crippen molar-refractivity contribution >= 4 is 22.8 Å². The summed E-state index contributed by atoms with van der Waals surface area (Å²) in [6, 6.07) is 18.9. The molecule has 4 atom stereocenters. The van der Waals surface area contributed by atoms with Crippen LogP contribution in [0.2, 0.25) is 0 Å². The second-order valence-corrected chi connectivity index (χ2v) is 10.5. The van der Waals surface area contributed by atoms with E-state index in [2.05, 4.69) is 82.5 Å². The van der Waals surface area contributed by atoms with Crippen LogP contribution in [0.1, 0.15) is 48.8 Å². The van der Waals surface area contributed by atoms with Crippen LogP contribution in [0.15, 0.2) is 65.9 Å². The van der Waals surface area contributed by atoms with Gasteiger partial charge in [-0.1, -0.05) is 66.4 Å². The second kappa shape index (κ2) is 7.04. The van der Waals surface area contributed by atoms with Gasteiger partial charge in [-0.05, 0) is 43.4 Å². The largest absolute Gasteiger partial charge is 0.308 e. The van der Waals surface area contributed by atoms with E-state index in [1.165, 1.54) is 16.7 Å². The number of nitrogens with zero attached hydrogens (tertiary/aromatic N) is 4. The Balaban J connectivity index is 1.29. The maximum Gasteiger partial charge on any atom is 0.234 e. The molecule has 0 radical (unpaired) electrons. The Morgan fingerprint density at radius 3 is 2.78 bits per heavy atom. The fraction of sp³-hybridized carbons (Fsp3) is 0.360. The number of thioether (sulfide) groups is 1. The molecule has 3 aliphatic heterocycles. The molecule has 0 spiro atoms. The van der Waals surface area contributed by atoms with Crippen molar-refractivity contribution in [1.82, 2.24) is 20.1 Å². The highest BCUT2D eigenvalue weighted by Gasteiger charge is 2.60. The summed E-state index contributed by atoms with van der Waals surface area (Å²) >= 11 is 1.64. The number of benzene rings is 2. The second-order valence-electron chi connectivity index (χ2n) is 9.52. The predicted octanol–water partition coefficient (Wildman–Crippen LogP) is 3.73. The Hall–Kier alpha value is -2.93. The number of aliphatic imine (C=N–C) groups is 1. The van der Waals surface area contributed by atoms with E-state index in [9.17, 15) is 4.79 Å². The summed E-state index contributed by atoms with van der Waals surface area (Å²) in [6.07, 6.45) is 3.36. The van der Waals surface area contributed by atoms with Crippen molar-refractivity contribution in [3.63, 3.8) is 0 Å². The fourth-order valence-electron chi connectivity index (χ4n) is 5.91. The quantitative estimate of drug-likeness (QED) is 0.670. The van der Waals surface area contributed by atoms with Crippen LogP contribution in [-0.4, -0.2) is 37.6 Å². The number of rotatable bonds is 3. The summed E-state index contributed by atoms with van der Waals surface area (Å²) in [7, 11) is 0. The first-order valence-electron chi connectivity index (χ1n) is 11.0. The zero-order valence-electron chi connectivity index (χ0n) is 18.2. The molecular formula is C25H25N5OS. The van der Waals surface area contributed by atoms with Crippen LogP contribution in [0.5, 0.6) is 0 Å². The van der Waals surface area contributed by atoms with Crippen LogP contribution < -0.4 is 5.32 Å². The molecule has 4 unspecified atom stereocenters. The molecule has 162 valence electrons. The average Bonchev–Trinajstić information content (AvgIpc) is 3.45. The van der Waals surface area contributed by atoms with Gasteiger partial charge in [0.1, 0.15) is 12.2 Å². The third kappa shape index (κ3) is 2.80. The molecule has 0 saturated heterocycles. The normalized spacial score (nSPS) is 29.9. The van der Waals surface area contributed by atoms with Crippen molar-refractivity contribution in [3.05, 3.63) is 83.4 Å². The SMILES string of the molecule is CC12CC(C)(C(=O)NC3=NC(Cc4ccccc4)CS3)C(c3ccccc31)n1cnnc12. The van der Waals surface area contributed by atoms with Crippen molar-refractivity contribution in [1.29, 1.82) is 0 Å². The number of amides is 1. The molecule has 1 amide bonds. The van der Waals surface area contributed by atoms with Crippen molar-refractivity contribution in [2.75, 3.05) is 5.75 Å². The topological polar surface area (TPSA) is 72.2 Å². The monoisotopic (exact) mass is 443 g/mol. The van der Waals surface area contributed by atoms with Gasteiger partial charge in [0.2, 0.25) is 5.91 Å². The third-order valence-corrected chi connectivity index (χ3v) is 8.32. The Morgan fingerprint density at radius 2 is 1.94 bits per heavy atom. The predicted molar refractivity (Wildman–Crippen MR) is 126 cm³/mol. The van der Waals surface area contributed by atoms with Crippen molar-refractivity contribution < 1.29 is 4.79 Å². The molecule has 2 bridgehead atoms. The number of fused-ring (bicyclic) bond motifs is 1. The minimum Gasteiger partial charge on any atom is -0.308 e.